The van der Waals surface area contributed by atoms with Gasteiger partial charge in [-0.3, -0.25) is 5.10 Å². The summed E-state index contributed by atoms with van der Waals surface area (Å²) in [6.45, 7) is -0.0965. The molecule has 0 aliphatic carbocycles. The number of aromatic nitrogens is 2. The second kappa shape index (κ2) is 5.39. The molecule has 0 unspecified atom stereocenters. The van der Waals surface area contributed by atoms with E-state index in [1.165, 1.54) is 24.3 Å². The molecule has 20 heavy (non-hydrogen) atoms. The predicted octanol–water partition coefficient (Wildman–Crippen LogP) is 0.725. The van der Waals surface area contributed by atoms with Crippen molar-refractivity contribution in [3.8, 4) is 0 Å². The van der Waals surface area contributed by atoms with Gasteiger partial charge in [-0.05, 0) is 17.7 Å². The van der Waals surface area contributed by atoms with Crippen molar-refractivity contribution in [3.63, 3.8) is 0 Å². The smallest absolute Gasteiger partial charge is 0.340 e. The van der Waals surface area contributed by atoms with Gasteiger partial charge >= 0.3 is 5.97 Å². The molecule has 0 aliphatic heterocycles. The molecule has 0 radical (unpaired) electrons. The molecule has 0 atom stereocenters. The zero-order valence-electron chi connectivity index (χ0n) is 10.00. The molecule has 0 saturated carbocycles. The molecule has 2 aromatic rings. The van der Waals surface area contributed by atoms with Crippen LogP contribution in [0.15, 0.2) is 35.5 Å². The SMILES string of the molecule is O=C(O)c1cn[nH]c1S(=O)(=O)NCc1ccc(F)cc1. The maximum Gasteiger partial charge on any atom is 0.340 e. The third-order valence-corrected chi connectivity index (χ3v) is 3.86. The third kappa shape index (κ3) is 3.00. The van der Waals surface area contributed by atoms with Crippen LogP contribution in [0.4, 0.5) is 4.39 Å². The van der Waals surface area contributed by atoms with Crippen molar-refractivity contribution in [3.05, 3.63) is 47.4 Å². The Bertz CT molecular complexity index is 724. The number of aromatic amines is 1. The lowest BCUT2D eigenvalue weighted by molar-refractivity contribution is 0.0692. The zero-order chi connectivity index (χ0) is 14.8. The average molecular weight is 299 g/mol. The molecule has 1 heterocycles. The van der Waals surface area contributed by atoms with Crippen LogP contribution in [0.3, 0.4) is 0 Å². The van der Waals surface area contributed by atoms with Crippen molar-refractivity contribution in [1.82, 2.24) is 14.9 Å². The summed E-state index contributed by atoms with van der Waals surface area (Å²) in [7, 11) is -4.04. The monoisotopic (exact) mass is 299 g/mol. The highest BCUT2D eigenvalue weighted by molar-refractivity contribution is 7.89. The number of rotatable bonds is 5. The summed E-state index contributed by atoms with van der Waals surface area (Å²) in [6, 6.07) is 5.23. The lowest BCUT2D eigenvalue weighted by atomic mass is 10.2. The number of carbonyl (C=O) groups is 1. The minimum absolute atomic E-state index is 0.0965. The number of nitrogens with zero attached hydrogens (tertiary/aromatic N) is 1. The number of aromatic carboxylic acids is 1. The third-order valence-electron chi connectivity index (χ3n) is 2.48. The molecular weight excluding hydrogens is 289 g/mol. The summed E-state index contributed by atoms with van der Waals surface area (Å²) in [4.78, 5) is 10.8. The molecule has 0 spiro atoms. The van der Waals surface area contributed by atoms with E-state index in [2.05, 4.69) is 14.9 Å². The Hall–Kier alpha value is -2.26. The van der Waals surface area contributed by atoms with Gasteiger partial charge in [-0.25, -0.2) is 22.3 Å². The van der Waals surface area contributed by atoms with Crippen LogP contribution in [0.2, 0.25) is 0 Å². The number of benzene rings is 1. The number of sulfonamides is 1. The van der Waals surface area contributed by atoms with Crippen molar-refractivity contribution in [2.24, 2.45) is 0 Å². The van der Waals surface area contributed by atoms with Crippen molar-refractivity contribution in [2.75, 3.05) is 0 Å². The van der Waals surface area contributed by atoms with Crippen molar-refractivity contribution >= 4 is 16.0 Å². The van der Waals surface area contributed by atoms with Gasteiger partial charge in [0.1, 0.15) is 11.4 Å². The van der Waals surface area contributed by atoms with Crippen LogP contribution >= 0.6 is 0 Å². The standard InChI is InChI=1S/C11H10FN3O4S/c12-8-3-1-7(2-4-8)5-14-20(18,19)10-9(11(16)17)6-13-15-10/h1-4,6,14H,5H2,(H,13,15)(H,16,17). The Morgan fingerprint density at radius 3 is 2.60 bits per heavy atom. The Balaban J connectivity index is 2.17. The zero-order valence-corrected chi connectivity index (χ0v) is 10.8. The number of nitrogens with one attached hydrogen (secondary N) is 2. The van der Waals surface area contributed by atoms with Gasteiger partial charge in [-0.2, -0.15) is 5.10 Å². The Labute approximate surface area is 113 Å². The predicted molar refractivity (Wildman–Crippen MR) is 66.0 cm³/mol. The van der Waals surface area contributed by atoms with Gasteiger partial charge in [-0.15, -0.1) is 0 Å². The fourth-order valence-corrected chi connectivity index (χ4v) is 2.59. The fourth-order valence-electron chi connectivity index (χ4n) is 1.48. The number of carboxylic acids is 1. The topological polar surface area (TPSA) is 112 Å². The van der Waals surface area contributed by atoms with E-state index in [1.807, 2.05) is 0 Å². The molecular formula is C11H10FN3O4S. The molecule has 0 saturated heterocycles. The van der Waals surface area contributed by atoms with Crippen LogP contribution in [0.25, 0.3) is 0 Å². The summed E-state index contributed by atoms with van der Waals surface area (Å²) in [5, 5.41) is 13.9. The molecule has 1 aromatic carbocycles. The number of hydrogen-bond donors (Lipinski definition) is 3. The van der Waals surface area contributed by atoms with E-state index >= 15 is 0 Å². The quantitative estimate of drug-likeness (QED) is 0.753. The van der Waals surface area contributed by atoms with Gasteiger partial charge in [0.2, 0.25) is 0 Å². The normalized spacial score (nSPS) is 11.4. The van der Waals surface area contributed by atoms with Crippen LogP contribution < -0.4 is 4.72 Å². The Kier molecular flexibility index (Phi) is 3.81. The molecule has 2 rings (SSSR count). The van der Waals surface area contributed by atoms with Crippen molar-refractivity contribution in [2.45, 2.75) is 11.6 Å². The maximum atomic E-state index is 12.7. The van der Waals surface area contributed by atoms with Crippen LogP contribution in [0.1, 0.15) is 15.9 Å². The van der Waals surface area contributed by atoms with E-state index in [-0.39, 0.29) is 6.54 Å². The van der Waals surface area contributed by atoms with E-state index in [4.69, 9.17) is 5.11 Å². The Morgan fingerprint density at radius 1 is 1.35 bits per heavy atom. The molecule has 0 bridgehead atoms. The van der Waals surface area contributed by atoms with Gasteiger partial charge in [-0.1, -0.05) is 12.1 Å². The molecule has 1 aromatic heterocycles. The molecule has 9 heteroatoms. The molecule has 0 amide bonds. The minimum Gasteiger partial charge on any atom is -0.478 e. The van der Waals surface area contributed by atoms with E-state index < -0.39 is 32.4 Å². The number of hydrogen-bond acceptors (Lipinski definition) is 4. The van der Waals surface area contributed by atoms with E-state index in [9.17, 15) is 17.6 Å². The Morgan fingerprint density at radius 2 is 2.00 bits per heavy atom. The number of halogens is 1. The first kappa shape index (κ1) is 14.2. The van der Waals surface area contributed by atoms with Gasteiger partial charge < -0.3 is 5.11 Å². The lowest BCUT2D eigenvalue weighted by Crippen LogP contribution is -2.25. The average Bonchev–Trinajstić information content (AvgIpc) is 2.88. The first-order valence-corrected chi connectivity index (χ1v) is 6.89. The van der Waals surface area contributed by atoms with E-state index in [0.29, 0.717) is 5.56 Å². The summed E-state index contributed by atoms with van der Waals surface area (Å²) < 4.78 is 38.8. The fraction of sp³-hybridized carbons (Fsp3) is 0.0909. The van der Waals surface area contributed by atoms with Crippen molar-refractivity contribution in [1.29, 1.82) is 0 Å². The maximum absolute atomic E-state index is 12.7. The second-order valence-corrected chi connectivity index (χ2v) is 5.57. The number of carboxylic acid groups (broad SMARTS) is 1. The highest BCUT2D eigenvalue weighted by Crippen LogP contribution is 2.12. The van der Waals surface area contributed by atoms with Crippen LogP contribution in [-0.4, -0.2) is 29.7 Å². The van der Waals surface area contributed by atoms with Crippen LogP contribution in [0, 0.1) is 5.82 Å². The van der Waals surface area contributed by atoms with Gasteiger partial charge in [0, 0.05) is 6.54 Å². The summed E-state index contributed by atoms with van der Waals surface area (Å²) in [5.41, 5.74) is 0.0861. The van der Waals surface area contributed by atoms with E-state index in [0.717, 1.165) is 6.20 Å². The lowest BCUT2D eigenvalue weighted by Gasteiger charge is -2.05. The summed E-state index contributed by atoms with van der Waals surface area (Å²) in [6.07, 6.45) is 0.911. The molecule has 106 valence electrons. The van der Waals surface area contributed by atoms with Crippen molar-refractivity contribution < 1.29 is 22.7 Å². The molecule has 3 N–H and O–H groups in total. The van der Waals surface area contributed by atoms with Gasteiger partial charge in [0.25, 0.3) is 10.0 Å². The summed E-state index contributed by atoms with van der Waals surface area (Å²) >= 11 is 0. The first-order chi connectivity index (χ1) is 9.40. The summed E-state index contributed by atoms with van der Waals surface area (Å²) in [5.74, 6) is -1.83. The first-order valence-electron chi connectivity index (χ1n) is 5.41. The number of H-pyrrole nitrogens is 1. The van der Waals surface area contributed by atoms with Gasteiger partial charge in [0.15, 0.2) is 5.03 Å². The largest absolute Gasteiger partial charge is 0.478 e. The van der Waals surface area contributed by atoms with Crippen LogP contribution in [0.5, 0.6) is 0 Å². The second-order valence-electron chi connectivity index (χ2n) is 3.87. The minimum atomic E-state index is -4.04. The van der Waals surface area contributed by atoms with Crippen LogP contribution in [-0.2, 0) is 16.6 Å². The highest BCUT2D eigenvalue weighted by Gasteiger charge is 2.24. The van der Waals surface area contributed by atoms with E-state index in [1.54, 1.807) is 0 Å². The molecule has 0 aliphatic rings. The molecule has 0 fully saturated rings. The van der Waals surface area contributed by atoms with Gasteiger partial charge in [0.05, 0.1) is 6.20 Å². The highest BCUT2D eigenvalue weighted by atomic mass is 32.2. The molecule has 7 nitrogen and oxygen atoms in total.